The first-order chi connectivity index (χ1) is 10.4. The molecule has 0 atom stereocenters. The molecule has 2 aliphatic rings. The molecule has 3 rings (SSSR count). The fraction of sp³-hybridized carbons (Fsp3) is 0.250. The summed E-state index contributed by atoms with van der Waals surface area (Å²) in [4.78, 5) is 24.2. The van der Waals surface area contributed by atoms with Crippen LogP contribution in [-0.2, 0) is 10.2 Å². The number of anilines is 1. The van der Waals surface area contributed by atoms with Crippen LogP contribution >= 0.6 is 0 Å². The summed E-state index contributed by atoms with van der Waals surface area (Å²) < 4.78 is 0. The number of nitrogens with one attached hydrogen (secondary N) is 2. The summed E-state index contributed by atoms with van der Waals surface area (Å²) in [5, 5.41) is 15.8. The zero-order valence-electron chi connectivity index (χ0n) is 12.4. The van der Waals surface area contributed by atoms with Crippen molar-refractivity contribution in [2.45, 2.75) is 19.3 Å². The Kier molecular flexibility index (Phi) is 3.26. The Morgan fingerprint density at radius 2 is 2.18 bits per heavy atom. The number of allylic oxidation sites excluding steroid dienone is 1. The molecule has 1 aromatic carbocycles. The monoisotopic (exact) mass is 299 g/mol. The summed E-state index contributed by atoms with van der Waals surface area (Å²) >= 11 is 0. The quantitative estimate of drug-likeness (QED) is 0.777. The van der Waals surface area contributed by atoms with Crippen LogP contribution < -0.4 is 10.6 Å². The number of hydroxylamine groups is 2. The highest BCUT2D eigenvalue weighted by Crippen LogP contribution is 2.37. The lowest BCUT2D eigenvalue weighted by Crippen LogP contribution is -2.26. The van der Waals surface area contributed by atoms with Crippen LogP contribution in [-0.4, -0.2) is 28.6 Å². The van der Waals surface area contributed by atoms with Crippen LogP contribution in [0.2, 0.25) is 0 Å². The minimum Gasteiger partial charge on any atom is -0.325 e. The molecule has 3 N–H and O–H groups in total. The van der Waals surface area contributed by atoms with Gasteiger partial charge in [0.2, 0.25) is 5.91 Å². The van der Waals surface area contributed by atoms with E-state index in [1.165, 1.54) is 6.20 Å². The predicted octanol–water partition coefficient (Wildman–Crippen LogP) is 1.75. The first-order valence-corrected chi connectivity index (χ1v) is 6.99. The second kappa shape index (κ2) is 4.99. The molecular formula is C16H17N3O3. The average molecular weight is 299 g/mol. The summed E-state index contributed by atoms with van der Waals surface area (Å²) in [7, 11) is 0. The van der Waals surface area contributed by atoms with E-state index in [-0.39, 0.29) is 11.8 Å². The molecule has 114 valence electrons. The first-order valence-electron chi connectivity index (χ1n) is 6.99. The van der Waals surface area contributed by atoms with E-state index in [1.54, 1.807) is 24.3 Å². The summed E-state index contributed by atoms with van der Waals surface area (Å²) in [6.45, 7) is 4.03. The van der Waals surface area contributed by atoms with Gasteiger partial charge in [0.05, 0.1) is 12.0 Å². The van der Waals surface area contributed by atoms with Gasteiger partial charge in [0.1, 0.15) is 0 Å². The number of rotatable bonds is 2. The lowest BCUT2D eigenvalue weighted by Gasteiger charge is -2.16. The molecular weight excluding hydrogens is 282 g/mol. The average Bonchev–Trinajstić information content (AvgIpc) is 2.71. The summed E-state index contributed by atoms with van der Waals surface area (Å²) in [6, 6.07) is 5.20. The topological polar surface area (TPSA) is 81.7 Å². The molecule has 6 nitrogen and oxygen atoms in total. The second-order valence-corrected chi connectivity index (χ2v) is 5.89. The van der Waals surface area contributed by atoms with E-state index in [1.807, 2.05) is 19.9 Å². The van der Waals surface area contributed by atoms with Gasteiger partial charge in [-0.05, 0) is 43.7 Å². The number of hydrogen-bond acceptors (Lipinski definition) is 4. The molecule has 0 unspecified atom stereocenters. The van der Waals surface area contributed by atoms with Gasteiger partial charge in [-0.1, -0.05) is 6.07 Å². The number of hydrogen-bond donors (Lipinski definition) is 3. The van der Waals surface area contributed by atoms with Gasteiger partial charge in [-0.15, -0.1) is 0 Å². The summed E-state index contributed by atoms with van der Waals surface area (Å²) in [5.74, 6) is -0.329. The maximum absolute atomic E-state index is 12.3. The SMILES string of the molecule is CC1(C)C(=O)Nc2cc(C(=O)NC3=CCN(O)C=C3)ccc21. The van der Waals surface area contributed by atoms with Crippen LogP contribution in [0.4, 0.5) is 5.69 Å². The van der Waals surface area contributed by atoms with Crippen molar-refractivity contribution in [2.75, 3.05) is 11.9 Å². The van der Waals surface area contributed by atoms with E-state index < -0.39 is 5.41 Å². The van der Waals surface area contributed by atoms with E-state index in [2.05, 4.69) is 10.6 Å². The molecule has 6 heteroatoms. The van der Waals surface area contributed by atoms with E-state index in [0.29, 0.717) is 23.5 Å². The smallest absolute Gasteiger partial charge is 0.255 e. The highest BCUT2D eigenvalue weighted by molar-refractivity contribution is 6.07. The largest absolute Gasteiger partial charge is 0.325 e. The summed E-state index contributed by atoms with van der Waals surface area (Å²) in [6.07, 6.45) is 4.79. The Bertz CT molecular complexity index is 719. The van der Waals surface area contributed by atoms with Gasteiger partial charge in [0.25, 0.3) is 5.91 Å². The standard InChI is InChI=1S/C16H17N3O3/c1-16(2)12-4-3-10(9-13(12)18-15(16)21)14(20)17-11-5-7-19(22)8-6-11/h3-7,9,22H,8H2,1-2H3,(H,17,20)(H,18,21). The van der Waals surface area contributed by atoms with Crippen molar-refractivity contribution in [1.29, 1.82) is 0 Å². The lowest BCUT2D eigenvalue weighted by atomic mass is 9.86. The van der Waals surface area contributed by atoms with E-state index in [4.69, 9.17) is 0 Å². The van der Waals surface area contributed by atoms with Gasteiger partial charge in [-0.25, -0.2) is 0 Å². The van der Waals surface area contributed by atoms with Gasteiger partial charge < -0.3 is 10.6 Å². The Balaban J connectivity index is 1.80. The molecule has 0 aromatic heterocycles. The van der Waals surface area contributed by atoms with Crippen LogP contribution in [0.3, 0.4) is 0 Å². The second-order valence-electron chi connectivity index (χ2n) is 5.89. The van der Waals surface area contributed by atoms with Gasteiger partial charge in [-0.3, -0.25) is 19.9 Å². The zero-order valence-corrected chi connectivity index (χ0v) is 12.4. The third-order valence-corrected chi connectivity index (χ3v) is 3.95. The van der Waals surface area contributed by atoms with Gasteiger partial charge in [0.15, 0.2) is 0 Å². The van der Waals surface area contributed by atoms with Gasteiger partial charge >= 0.3 is 0 Å². The number of fused-ring (bicyclic) bond motifs is 1. The number of nitrogens with zero attached hydrogens (tertiary/aromatic N) is 1. The van der Waals surface area contributed by atoms with Crippen LogP contribution in [0.15, 0.2) is 42.2 Å². The molecule has 22 heavy (non-hydrogen) atoms. The highest BCUT2D eigenvalue weighted by Gasteiger charge is 2.38. The third kappa shape index (κ3) is 2.37. The fourth-order valence-corrected chi connectivity index (χ4v) is 2.52. The molecule has 0 aliphatic carbocycles. The van der Waals surface area contributed by atoms with E-state index in [0.717, 1.165) is 10.6 Å². The van der Waals surface area contributed by atoms with Crippen LogP contribution in [0.25, 0.3) is 0 Å². The molecule has 1 aromatic rings. The number of carbonyl (C=O) groups excluding carboxylic acids is 2. The molecule has 0 fully saturated rings. The molecule has 0 bridgehead atoms. The highest BCUT2D eigenvalue weighted by atomic mass is 16.5. The van der Waals surface area contributed by atoms with Crippen molar-refractivity contribution >= 4 is 17.5 Å². The van der Waals surface area contributed by atoms with Crippen molar-refractivity contribution in [1.82, 2.24) is 10.4 Å². The lowest BCUT2D eigenvalue weighted by molar-refractivity contribution is -0.119. The van der Waals surface area contributed by atoms with Crippen molar-refractivity contribution in [3.63, 3.8) is 0 Å². The maximum Gasteiger partial charge on any atom is 0.255 e. The van der Waals surface area contributed by atoms with Crippen molar-refractivity contribution < 1.29 is 14.8 Å². The molecule has 2 aliphatic heterocycles. The third-order valence-electron chi connectivity index (χ3n) is 3.95. The molecule has 0 saturated heterocycles. The van der Waals surface area contributed by atoms with Crippen LogP contribution in [0.1, 0.15) is 29.8 Å². The fourth-order valence-electron chi connectivity index (χ4n) is 2.52. The predicted molar refractivity (Wildman–Crippen MR) is 81.3 cm³/mol. The van der Waals surface area contributed by atoms with E-state index in [9.17, 15) is 14.8 Å². The van der Waals surface area contributed by atoms with Crippen molar-refractivity contribution in [3.05, 3.63) is 53.4 Å². The Morgan fingerprint density at radius 3 is 2.86 bits per heavy atom. The van der Waals surface area contributed by atoms with Crippen LogP contribution in [0.5, 0.6) is 0 Å². The number of benzene rings is 1. The number of amides is 2. The summed E-state index contributed by atoms with van der Waals surface area (Å²) in [5.41, 5.74) is 2.08. The van der Waals surface area contributed by atoms with Crippen molar-refractivity contribution in [2.24, 2.45) is 0 Å². The zero-order chi connectivity index (χ0) is 15.9. The molecule has 0 saturated carbocycles. The van der Waals surface area contributed by atoms with Crippen molar-refractivity contribution in [3.8, 4) is 0 Å². The minimum absolute atomic E-state index is 0.0685. The van der Waals surface area contributed by atoms with Gasteiger partial charge in [-0.2, -0.15) is 0 Å². The molecule has 0 spiro atoms. The Morgan fingerprint density at radius 1 is 1.41 bits per heavy atom. The first kappa shape index (κ1) is 14.3. The molecule has 2 amide bonds. The van der Waals surface area contributed by atoms with E-state index >= 15 is 0 Å². The maximum atomic E-state index is 12.3. The minimum atomic E-state index is -0.580. The molecule has 2 heterocycles. The van der Waals surface area contributed by atoms with Crippen LogP contribution in [0, 0.1) is 0 Å². The van der Waals surface area contributed by atoms with Gasteiger partial charge in [0, 0.05) is 23.1 Å². The Labute approximate surface area is 128 Å². The normalized spacial score (nSPS) is 18.6. The number of carbonyl (C=O) groups is 2. The Hall–Kier alpha value is -2.60. The molecule has 0 radical (unpaired) electrons.